The zero-order valence-corrected chi connectivity index (χ0v) is 27.1. The van der Waals surface area contributed by atoms with Crippen LogP contribution in [0.5, 0.6) is 5.75 Å². The lowest BCUT2D eigenvalue weighted by atomic mass is 9.89. The Balaban J connectivity index is 1.34. The standard InChI is InChI=1S/C44H25F6NO/c45-43(46,47)31-18-16-28(17-19-31)41-35-8-1-3-10-37(35)42(38-11-4-2-9-36(38)41)51(32-20-22-34(23-21-32)52-44(48,49)50)33-24-29-14-12-26-6-5-7-27-13-15-30(25-33)40(29)39(26)27/h1-25H. The first-order valence-electron chi connectivity index (χ1n) is 16.5. The molecule has 0 fully saturated rings. The Labute approximate surface area is 293 Å². The van der Waals surface area contributed by atoms with Gasteiger partial charge in [0.2, 0.25) is 0 Å². The molecule has 2 nitrogen and oxygen atoms in total. The molecule has 8 heteroatoms. The highest BCUT2D eigenvalue weighted by molar-refractivity contribution is 6.25. The largest absolute Gasteiger partial charge is 0.573 e. The number of alkyl halides is 6. The van der Waals surface area contributed by atoms with Gasteiger partial charge in [0, 0.05) is 22.1 Å². The van der Waals surface area contributed by atoms with Gasteiger partial charge in [-0.1, -0.05) is 103 Å². The van der Waals surface area contributed by atoms with E-state index >= 15 is 0 Å². The van der Waals surface area contributed by atoms with Crippen molar-refractivity contribution < 1.29 is 31.1 Å². The van der Waals surface area contributed by atoms with Gasteiger partial charge in [-0.15, -0.1) is 13.2 Å². The molecule has 0 aliphatic carbocycles. The van der Waals surface area contributed by atoms with Crippen molar-refractivity contribution >= 4 is 70.9 Å². The Morgan fingerprint density at radius 1 is 0.442 bits per heavy atom. The number of hydrogen-bond acceptors (Lipinski definition) is 2. The average Bonchev–Trinajstić information content (AvgIpc) is 3.13. The lowest BCUT2D eigenvalue weighted by Gasteiger charge is -2.30. The number of hydrogen-bond donors (Lipinski definition) is 0. The molecule has 0 N–H and O–H groups in total. The van der Waals surface area contributed by atoms with Crippen LogP contribution >= 0.6 is 0 Å². The molecular weight excluding hydrogens is 672 g/mol. The van der Waals surface area contributed by atoms with Crippen LogP contribution in [-0.4, -0.2) is 6.36 Å². The van der Waals surface area contributed by atoms with Crippen LogP contribution in [0.3, 0.4) is 0 Å². The van der Waals surface area contributed by atoms with Gasteiger partial charge in [-0.25, -0.2) is 0 Å². The van der Waals surface area contributed by atoms with Crippen LogP contribution in [0.25, 0.3) is 65.0 Å². The summed E-state index contributed by atoms with van der Waals surface area (Å²) in [7, 11) is 0. The molecule has 9 rings (SSSR count). The van der Waals surface area contributed by atoms with Gasteiger partial charge < -0.3 is 9.64 Å². The van der Waals surface area contributed by atoms with E-state index in [1.807, 2.05) is 59.5 Å². The summed E-state index contributed by atoms with van der Waals surface area (Å²) in [6, 6.07) is 45.0. The van der Waals surface area contributed by atoms with Gasteiger partial charge >= 0.3 is 12.5 Å². The molecule has 9 aromatic rings. The third kappa shape index (κ3) is 5.30. The summed E-state index contributed by atoms with van der Waals surface area (Å²) in [5.74, 6) is -0.348. The Hall–Kier alpha value is -6.28. The van der Waals surface area contributed by atoms with Crippen LogP contribution in [0.2, 0.25) is 0 Å². The summed E-state index contributed by atoms with van der Waals surface area (Å²) >= 11 is 0. The van der Waals surface area contributed by atoms with Crippen LogP contribution in [0.4, 0.5) is 43.4 Å². The molecule has 0 atom stereocenters. The maximum absolute atomic E-state index is 13.6. The van der Waals surface area contributed by atoms with Crippen molar-refractivity contribution in [2.24, 2.45) is 0 Å². The fourth-order valence-electron chi connectivity index (χ4n) is 7.55. The van der Waals surface area contributed by atoms with Crippen molar-refractivity contribution in [1.82, 2.24) is 0 Å². The van der Waals surface area contributed by atoms with E-state index in [4.69, 9.17) is 0 Å². The quantitative estimate of drug-likeness (QED) is 0.101. The van der Waals surface area contributed by atoms with Crippen LogP contribution in [0.15, 0.2) is 152 Å². The van der Waals surface area contributed by atoms with Crippen molar-refractivity contribution in [3.8, 4) is 16.9 Å². The Morgan fingerprint density at radius 3 is 1.46 bits per heavy atom. The summed E-state index contributed by atoms with van der Waals surface area (Å²) in [5.41, 5.74) is 2.77. The zero-order valence-electron chi connectivity index (χ0n) is 27.1. The lowest BCUT2D eigenvalue weighted by molar-refractivity contribution is -0.274. The fourth-order valence-corrected chi connectivity index (χ4v) is 7.55. The highest BCUT2D eigenvalue weighted by Crippen LogP contribution is 2.50. The molecule has 254 valence electrons. The number of ether oxygens (including phenoxy) is 1. The van der Waals surface area contributed by atoms with E-state index in [-0.39, 0.29) is 5.75 Å². The predicted octanol–water partition coefficient (Wildman–Crippen LogP) is 13.9. The van der Waals surface area contributed by atoms with Crippen molar-refractivity contribution in [3.63, 3.8) is 0 Å². The monoisotopic (exact) mass is 697 g/mol. The second-order valence-electron chi connectivity index (χ2n) is 12.7. The molecule has 52 heavy (non-hydrogen) atoms. The Kier molecular flexibility index (Phi) is 7.09. The molecule has 0 heterocycles. The number of fused-ring (bicyclic) bond motifs is 2. The fraction of sp³-hybridized carbons (Fsp3) is 0.0455. The van der Waals surface area contributed by atoms with E-state index in [2.05, 4.69) is 53.3 Å². The first-order valence-corrected chi connectivity index (χ1v) is 16.5. The van der Waals surface area contributed by atoms with E-state index < -0.39 is 18.1 Å². The van der Waals surface area contributed by atoms with Gasteiger partial charge in [-0.2, -0.15) is 13.2 Å². The molecule has 0 bridgehead atoms. The molecule has 0 spiro atoms. The normalized spacial score (nSPS) is 12.4. The zero-order chi connectivity index (χ0) is 35.8. The number of nitrogens with zero attached hydrogens (tertiary/aromatic N) is 1. The number of benzene rings is 9. The highest BCUT2D eigenvalue weighted by Gasteiger charge is 2.32. The van der Waals surface area contributed by atoms with Crippen LogP contribution < -0.4 is 9.64 Å². The second-order valence-corrected chi connectivity index (χ2v) is 12.7. The third-order valence-electron chi connectivity index (χ3n) is 9.66. The third-order valence-corrected chi connectivity index (χ3v) is 9.66. The summed E-state index contributed by atoms with van der Waals surface area (Å²) in [5, 5.41) is 9.71. The van der Waals surface area contributed by atoms with Crippen LogP contribution in [0, 0.1) is 0 Å². The van der Waals surface area contributed by atoms with Gasteiger partial charge in [0.05, 0.1) is 11.3 Å². The number of halogens is 6. The van der Waals surface area contributed by atoms with Gasteiger partial charge in [-0.3, -0.25) is 0 Å². The van der Waals surface area contributed by atoms with Gasteiger partial charge in [0.25, 0.3) is 0 Å². The molecule has 0 saturated carbocycles. The summed E-state index contributed by atoms with van der Waals surface area (Å²) in [4.78, 5) is 2.03. The molecular formula is C44H25F6NO. The molecule has 0 radical (unpaired) electrons. The minimum atomic E-state index is -4.85. The van der Waals surface area contributed by atoms with Gasteiger partial charge in [0.1, 0.15) is 5.75 Å². The number of rotatable bonds is 5. The molecule has 0 aromatic heterocycles. The Morgan fingerprint density at radius 2 is 0.942 bits per heavy atom. The molecule has 0 aliphatic heterocycles. The van der Waals surface area contributed by atoms with Gasteiger partial charge in [0.15, 0.2) is 0 Å². The van der Waals surface area contributed by atoms with Crippen molar-refractivity contribution in [2.45, 2.75) is 12.5 Å². The van der Waals surface area contributed by atoms with Crippen molar-refractivity contribution in [2.75, 3.05) is 4.90 Å². The maximum atomic E-state index is 13.6. The highest BCUT2D eigenvalue weighted by atomic mass is 19.4. The SMILES string of the molecule is FC(F)(F)Oc1ccc(N(c2cc3ccc4cccc5ccc(c2)c3c45)c2c3ccccc3c(-c3ccc(C(F)(F)F)cc3)c3ccccc23)cc1. The lowest BCUT2D eigenvalue weighted by Crippen LogP contribution is -2.17. The first-order chi connectivity index (χ1) is 25.0. The van der Waals surface area contributed by atoms with E-state index in [1.165, 1.54) is 24.3 Å². The van der Waals surface area contributed by atoms with E-state index in [9.17, 15) is 26.3 Å². The van der Waals surface area contributed by atoms with E-state index in [0.29, 0.717) is 11.3 Å². The van der Waals surface area contributed by atoms with E-state index in [1.54, 1.807) is 12.1 Å². The van der Waals surface area contributed by atoms with Crippen molar-refractivity contribution in [3.05, 3.63) is 157 Å². The summed E-state index contributed by atoms with van der Waals surface area (Å²) in [6.07, 6.45) is -9.33. The van der Waals surface area contributed by atoms with Gasteiger partial charge in [-0.05, 0) is 103 Å². The van der Waals surface area contributed by atoms with Crippen molar-refractivity contribution in [1.29, 1.82) is 0 Å². The molecule has 0 unspecified atom stereocenters. The first kappa shape index (κ1) is 31.7. The smallest absolute Gasteiger partial charge is 0.406 e. The minimum absolute atomic E-state index is 0.348. The van der Waals surface area contributed by atoms with Crippen LogP contribution in [-0.2, 0) is 6.18 Å². The molecule has 0 amide bonds. The minimum Gasteiger partial charge on any atom is -0.406 e. The topological polar surface area (TPSA) is 12.5 Å². The summed E-state index contributed by atoms with van der Waals surface area (Å²) < 4.78 is 84.5. The predicted molar refractivity (Wildman–Crippen MR) is 197 cm³/mol. The van der Waals surface area contributed by atoms with E-state index in [0.717, 1.165) is 82.9 Å². The average molecular weight is 698 g/mol. The molecule has 9 aromatic carbocycles. The summed E-state index contributed by atoms with van der Waals surface area (Å²) in [6.45, 7) is 0. The Bertz CT molecular complexity index is 2670. The second kappa shape index (κ2) is 11.6. The number of anilines is 3. The molecule has 0 saturated heterocycles. The van der Waals surface area contributed by atoms with Crippen LogP contribution in [0.1, 0.15) is 5.56 Å². The molecule has 0 aliphatic rings. The maximum Gasteiger partial charge on any atom is 0.573 e.